The lowest BCUT2D eigenvalue weighted by atomic mass is 10.0. The molecule has 0 heterocycles. The molecule has 0 aliphatic heterocycles. The van der Waals surface area contributed by atoms with Crippen LogP contribution in [0.15, 0.2) is 24.3 Å². The highest BCUT2D eigenvalue weighted by molar-refractivity contribution is 8.00. The Kier molecular flexibility index (Phi) is 7.04. The molecule has 2 N–H and O–H groups in total. The number of aliphatic hydroxyl groups excluding tert-OH is 1. The van der Waals surface area contributed by atoms with E-state index in [-0.39, 0.29) is 10.8 Å². The highest BCUT2D eigenvalue weighted by Crippen LogP contribution is 2.24. The van der Waals surface area contributed by atoms with Crippen molar-refractivity contribution in [1.82, 2.24) is 5.32 Å². The third-order valence-electron chi connectivity index (χ3n) is 3.24. The Hall–Kier alpha value is -0.710. The summed E-state index contributed by atoms with van der Waals surface area (Å²) < 4.78 is 5.41. The number of methoxy groups -OCH3 is 1. The molecule has 0 aromatic heterocycles. The van der Waals surface area contributed by atoms with Crippen LogP contribution in [0.2, 0.25) is 0 Å². The van der Waals surface area contributed by atoms with Gasteiger partial charge in [0, 0.05) is 22.6 Å². The molecule has 0 spiro atoms. The molecule has 120 valence electrons. The minimum Gasteiger partial charge on any atom is -0.497 e. The van der Waals surface area contributed by atoms with E-state index in [0.29, 0.717) is 6.04 Å². The van der Waals surface area contributed by atoms with Gasteiger partial charge in [0.05, 0.1) is 13.2 Å². The second-order valence-corrected chi connectivity index (χ2v) is 8.34. The lowest BCUT2D eigenvalue weighted by Crippen LogP contribution is -2.40. The van der Waals surface area contributed by atoms with Gasteiger partial charge in [-0.15, -0.1) is 0 Å². The summed E-state index contributed by atoms with van der Waals surface area (Å²) in [5.74, 6) is 1.84. The maximum atomic E-state index is 10.4. The van der Waals surface area contributed by atoms with Gasteiger partial charge in [0.15, 0.2) is 0 Å². The number of thioether (sulfide) groups is 1. The molecule has 3 unspecified atom stereocenters. The third-order valence-corrected chi connectivity index (χ3v) is 4.78. The third kappa shape index (κ3) is 6.72. The van der Waals surface area contributed by atoms with Crippen LogP contribution in [0.4, 0.5) is 0 Å². The van der Waals surface area contributed by atoms with Crippen LogP contribution >= 0.6 is 11.8 Å². The summed E-state index contributed by atoms with van der Waals surface area (Å²) >= 11 is 1.94. The Labute approximate surface area is 133 Å². The van der Waals surface area contributed by atoms with Gasteiger partial charge < -0.3 is 15.2 Å². The first-order valence-corrected chi connectivity index (χ1v) is 8.43. The van der Waals surface area contributed by atoms with Crippen molar-refractivity contribution in [1.29, 1.82) is 0 Å². The summed E-state index contributed by atoms with van der Waals surface area (Å²) in [5, 5.41) is 13.9. The molecule has 0 radical (unpaired) electrons. The van der Waals surface area contributed by atoms with E-state index in [1.807, 2.05) is 43.0 Å². The number of nitrogens with one attached hydrogen (secondary N) is 1. The zero-order valence-corrected chi connectivity index (χ0v) is 14.8. The molecule has 0 amide bonds. The fourth-order valence-corrected chi connectivity index (χ4v) is 2.90. The standard InChI is InChI=1S/C17H29NO2S/c1-12(11-21-17(3,4)5)18-13(2)16(19)14-7-9-15(20-6)10-8-14/h7-10,12-13,16,18-19H,11H2,1-6H3. The van der Waals surface area contributed by atoms with Gasteiger partial charge in [-0.25, -0.2) is 0 Å². The molecular formula is C17H29NO2S. The number of benzene rings is 1. The van der Waals surface area contributed by atoms with Crippen LogP contribution in [0, 0.1) is 0 Å². The summed E-state index contributed by atoms with van der Waals surface area (Å²) in [4.78, 5) is 0. The fraction of sp³-hybridized carbons (Fsp3) is 0.647. The van der Waals surface area contributed by atoms with E-state index >= 15 is 0 Å². The van der Waals surface area contributed by atoms with Crippen LogP contribution in [0.5, 0.6) is 5.75 Å². The smallest absolute Gasteiger partial charge is 0.118 e. The van der Waals surface area contributed by atoms with Crippen molar-refractivity contribution in [3.8, 4) is 5.75 Å². The molecule has 0 aliphatic rings. The van der Waals surface area contributed by atoms with Crippen LogP contribution < -0.4 is 10.1 Å². The van der Waals surface area contributed by atoms with Crippen LogP contribution in [0.1, 0.15) is 46.3 Å². The largest absolute Gasteiger partial charge is 0.497 e. The SMILES string of the molecule is COc1ccc(C(O)C(C)NC(C)CSC(C)(C)C)cc1. The molecule has 1 aromatic rings. The fourth-order valence-electron chi connectivity index (χ4n) is 2.05. The Balaban J connectivity index is 2.51. The maximum Gasteiger partial charge on any atom is 0.118 e. The number of hydrogen-bond acceptors (Lipinski definition) is 4. The Bertz CT molecular complexity index is 414. The van der Waals surface area contributed by atoms with Gasteiger partial charge in [0.25, 0.3) is 0 Å². The number of ether oxygens (including phenoxy) is 1. The second kappa shape index (κ2) is 8.06. The molecular weight excluding hydrogens is 282 g/mol. The molecule has 0 aliphatic carbocycles. The van der Waals surface area contributed by atoms with Crippen molar-refractivity contribution in [2.75, 3.05) is 12.9 Å². The van der Waals surface area contributed by atoms with E-state index in [9.17, 15) is 5.11 Å². The zero-order chi connectivity index (χ0) is 16.0. The normalized spacial score (nSPS) is 16.3. The molecule has 1 rings (SSSR count). The Morgan fingerprint density at radius 2 is 1.76 bits per heavy atom. The molecule has 1 aromatic carbocycles. The van der Waals surface area contributed by atoms with Gasteiger partial charge >= 0.3 is 0 Å². The number of hydrogen-bond donors (Lipinski definition) is 2. The summed E-state index contributed by atoms with van der Waals surface area (Å²) in [6, 6.07) is 7.95. The first-order valence-electron chi connectivity index (χ1n) is 7.45. The van der Waals surface area contributed by atoms with Crippen molar-refractivity contribution < 1.29 is 9.84 Å². The highest BCUT2D eigenvalue weighted by atomic mass is 32.2. The number of rotatable bonds is 7. The zero-order valence-electron chi connectivity index (χ0n) is 14.0. The molecule has 4 heteroatoms. The average molecular weight is 311 g/mol. The highest BCUT2D eigenvalue weighted by Gasteiger charge is 2.19. The van der Waals surface area contributed by atoms with Crippen molar-refractivity contribution >= 4 is 11.8 Å². The first-order chi connectivity index (χ1) is 9.73. The average Bonchev–Trinajstić information content (AvgIpc) is 2.43. The lowest BCUT2D eigenvalue weighted by Gasteiger charge is -2.27. The molecule has 3 atom stereocenters. The van der Waals surface area contributed by atoms with Crippen molar-refractivity contribution in [2.24, 2.45) is 0 Å². The van der Waals surface area contributed by atoms with E-state index in [1.165, 1.54) is 0 Å². The molecule has 0 fully saturated rings. The minimum absolute atomic E-state index is 0.00830. The molecule has 3 nitrogen and oxygen atoms in total. The summed E-state index contributed by atoms with van der Waals surface area (Å²) in [6.45, 7) is 10.9. The molecule has 0 saturated carbocycles. The second-order valence-electron chi connectivity index (χ2n) is 6.50. The van der Waals surface area contributed by atoms with E-state index in [0.717, 1.165) is 17.1 Å². The first kappa shape index (κ1) is 18.3. The van der Waals surface area contributed by atoms with E-state index in [2.05, 4.69) is 33.0 Å². The van der Waals surface area contributed by atoms with E-state index in [1.54, 1.807) is 7.11 Å². The van der Waals surface area contributed by atoms with Crippen molar-refractivity contribution in [2.45, 2.75) is 57.6 Å². The van der Waals surface area contributed by atoms with Gasteiger partial charge in [-0.05, 0) is 31.5 Å². The summed E-state index contributed by atoms with van der Waals surface area (Å²) in [7, 11) is 1.64. The van der Waals surface area contributed by atoms with Crippen LogP contribution in [-0.2, 0) is 0 Å². The maximum absolute atomic E-state index is 10.4. The van der Waals surface area contributed by atoms with Crippen LogP contribution in [0.3, 0.4) is 0 Å². The Morgan fingerprint density at radius 1 is 1.19 bits per heavy atom. The molecule has 0 saturated heterocycles. The topological polar surface area (TPSA) is 41.5 Å². The number of aliphatic hydroxyl groups is 1. The van der Waals surface area contributed by atoms with Gasteiger partial charge in [-0.2, -0.15) is 11.8 Å². The molecule has 21 heavy (non-hydrogen) atoms. The molecule has 0 bridgehead atoms. The van der Waals surface area contributed by atoms with E-state index in [4.69, 9.17) is 4.74 Å². The predicted octanol–water partition coefficient (Wildman–Crippen LogP) is 3.63. The lowest BCUT2D eigenvalue weighted by molar-refractivity contribution is 0.132. The van der Waals surface area contributed by atoms with E-state index < -0.39 is 6.10 Å². The van der Waals surface area contributed by atoms with Crippen molar-refractivity contribution in [3.05, 3.63) is 29.8 Å². The predicted molar refractivity (Wildman–Crippen MR) is 92.2 cm³/mol. The van der Waals surface area contributed by atoms with Gasteiger partial charge in [0.2, 0.25) is 0 Å². The monoisotopic (exact) mass is 311 g/mol. The van der Waals surface area contributed by atoms with Crippen molar-refractivity contribution in [3.63, 3.8) is 0 Å². The minimum atomic E-state index is -0.516. The van der Waals surface area contributed by atoms with Gasteiger partial charge in [0.1, 0.15) is 5.75 Å². The van der Waals surface area contributed by atoms with Gasteiger partial charge in [-0.1, -0.05) is 32.9 Å². The van der Waals surface area contributed by atoms with Crippen LogP contribution in [0.25, 0.3) is 0 Å². The Morgan fingerprint density at radius 3 is 2.24 bits per heavy atom. The van der Waals surface area contributed by atoms with Gasteiger partial charge in [-0.3, -0.25) is 0 Å². The quantitative estimate of drug-likeness (QED) is 0.807. The summed E-state index contributed by atoms with van der Waals surface area (Å²) in [5.41, 5.74) is 0.909. The van der Waals surface area contributed by atoms with Crippen LogP contribution in [-0.4, -0.2) is 34.8 Å². The summed E-state index contributed by atoms with van der Waals surface area (Å²) in [6.07, 6.45) is -0.516.